The number of halogens is 1. The van der Waals surface area contributed by atoms with Crippen LogP contribution in [-0.4, -0.2) is 59.1 Å². The molecule has 48 heavy (non-hydrogen) atoms. The molecule has 1 aromatic heterocycles. The summed E-state index contributed by atoms with van der Waals surface area (Å²) in [6.07, 6.45) is 3.20. The van der Waals surface area contributed by atoms with E-state index in [1.54, 1.807) is 23.1 Å². The number of anilines is 1. The molecule has 0 spiro atoms. The zero-order chi connectivity index (χ0) is 33.8. The summed E-state index contributed by atoms with van der Waals surface area (Å²) in [6, 6.07) is 20.1. The van der Waals surface area contributed by atoms with Gasteiger partial charge in [0.05, 0.1) is 5.39 Å². The van der Waals surface area contributed by atoms with Crippen molar-refractivity contribution < 1.29 is 23.6 Å². The second-order valence-corrected chi connectivity index (χ2v) is 12.9. The minimum absolute atomic E-state index is 0.179. The molecule has 2 N–H and O–H groups in total. The van der Waals surface area contributed by atoms with Crippen molar-refractivity contribution in [2.75, 3.05) is 25.0 Å². The van der Waals surface area contributed by atoms with E-state index in [0.29, 0.717) is 36.8 Å². The lowest BCUT2D eigenvalue weighted by Gasteiger charge is -2.35. The molecule has 2 fully saturated rings. The van der Waals surface area contributed by atoms with E-state index in [9.17, 15) is 24.0 Å². The van der Waals surface area contributed by atoms with E-state index in [2.05, 4.69) is 22.8 Å². The molecule has 3 heterocycles. The minimum atomic E-state index is -0.924. The number of benzene rings is 3. The number of fused-ring (bicyclic) bond motifs is 1. The molecule has 4 aromatic rings. The van der Waals surface area contributed by atoms with Gasteiger partial charge in [0, 0.05) is 62.7 Å². The maximum atomic E-state index is 14.0. The highest BCUT2D eigenvalue weighted by molar-refractivity contribution is 6.30. The number of amides is 4. The van der Waals surface area contributed by atoms with Gasteiger partial charge in [0.1, 0.15) is 11.6 Å². The Morgan fingerprint density at radius 2 is 1.71 bits per heavy atom. The van der Waals surface area contributed by atoms with Crippen LogP contribution in [0.25, 0.3) is 11.0 Å². The molecular formula is C37H37ClN4O6. The molecule has 11 heteroatoms. The number of carbonyl (C=O) groups excluding carboxylic acids is 4. The first-order valence-corrected chi connectivity index (χ1v) is 16.6. The van der Waals surface area contributed by atoms with Crippen molar-refractivity contribution in [2.45, 2.75) is 57.5 Å². The van der Waals surface area contributed by atoms with Gasteiger partial charge in [0.2, 0.25) is 17.7 Å². The number of nitrogens with one attached hydrogen (secondary N) is 2. The normalized spacial score (nSPS) is 15.8. The Hall–Kier alpha value is -4.96. The first-order chi connectivity index (χ1) is 23.1. The van der Waals surface area contributed by atoms with Crippen molar-refractivity contribution in [3.8, 4) is 0 Å². The Bertz CT molecular complexity index is 1920. The second-order valence-electron chi connectivity index (χ2n) is 12.4. The summed E-state index contributed by atoms with van der Waals surface area (Å²) in [5, 5.41) is 6.22. The SMILES string of the molecule is CC(=O)Nc1ccc2oc(C(=O)N[C@@H](Cc3ccc(Cl)cc3)C(=O)N3CCC(c4ccccc4CN4CCCC4=O)CC3)cc(=O)c2c1. The van der Waals surface area contributed by atoms with Crippen LogP contribution >= 0.6 is 11.6 Å². The van der Waals surface area contributed by atoms with E-state index < -0.39 is 17.4 Å². The Morgan fingerprint density at radius 1 is 0.958 bits per heavy atom. The van der Waals surface area contributed by atoms with Crippen molar-refractivity contribution in [3.05, 3.63) is 110 Å². The van der Waals surface area contributed by atoms with Crippen LogP contribution in [0.15, 0.2) is 82.0 Å². The zero-order valence-corrected chi connectivity index (χ0v) is 27.4. The largest absolute Gasteiger partial charge is 0.451 e. The van der Waals surface area contributed by atoms with Crippen LogP contribution in [0.5, 0.6) is 0 Å². The van der Waals surface area contributed by atoms with Gasteiger partial charge >= 0.3 is 0 Å². The highest BCUT2D eigenvalue weighted by Gasteiger charge is 2.32. The average molecular weight is 669 g/mol. The fraction of sp³-hybridized carbons (Fsp3) is 0.324. The molecule has 1 atom stereocenters. The fourth-order valence-electron chi connectivity index (χ4n) is 6.62. The van der Waals surface area contributed by atoms with Crippen LogP contribution in [0, 0.1) is 0 Å². The van der Waals surface area contributed by atoms with Gasteiger partial charge in [-0.25, -0.2) is 0 Å². The minimum Gasteiger partial charge on any atom is -0.451 e. The number of nitrogens with zero attached hydrogens (tertiary/aromatic N) is 2. The molecule has 2 aliphatic rings. The van der Waals surface area contributed by atoms with Crippen molar-refractivity contribution in [1.82, 2.24) is 15.1 Å². The average Bonchev–Trinajstić information content (AvgIpc) is 3.49. The molecule has 0 saturated carbocycles. The molecule has 0 aliphatic carbocycles. The molecule has 0 radical (unpaired) electrons. The van der Waals surface area contributed by atoms with Crippen LogP contribution in [0.4, 0.5) is 5.69 Å². The molecule has 2 saturated heterocycles. The molecule has 10 nitrogen and oxygen atoms in total. The molecule has 0 unspecified atom stereocenters. The third-order valence-corrected chi connectivity index (χ3v) is 9.31. The summed E-state index contributed by atoms with van der Waals surface area (Å²) in [5.41, 5.74) is 3.33. The lowest BCUT2D eigenvalue weighted by molar-refractivity contribution is -0.134. The van der Waals surface area contributed by atoms with E-state index in [1.165, 1.54) is 24.6 Å². The van der Waals surface area contributed by atoms with Crippen molar-refractivity contribution in [1.29, 1.82) is 0 Å². The van der Waals surface area contributed by atoms with Crippen LogP contribution in [0.3, 0.4) is 0 Å². The van der Waals surface area contributed by atoms with Gasteiger partial charge in [0.15, 0.2) is 11.2 Å². The Morgan fingerprint density at radius 3 is 2.42 bits per heavy atom. The quantitative estimate of drug-likeness (QED) is 0.250. The summed E-state index contributed by atoms with van der Waals surface area (Å²) in [4.78, 5) is 67.9. The topological polar surface area (TPSA) is 129 Å². The summed E-state index contributed by atoms with van der Waals surface area (Å²) in [7, 11) is 0. The highest BCUT2D eigenvalue weighted by atomic mass is 35.5. The standard InChI is InChI=1S/C37H37ClN4O6/c1-23(43)39-28-12-13-33-30(20-28)32(44)21-34(48-33)36(46)40-31(19-24-8-10-27(38)11-9-24)37(47)41-17-14-25(15-18-41)29-6-3-2-5-26(29)22-42-16-4-7-35(42)45/h2-3,5-6,8-13,20-21,25,31H,4,7,14-19,22H2,1H3,(H,39,43)(H,40,46)/t31-/m0/s1. The van der Waals surface area contributed by atoms with Crippen LogP contribution in [0.2, 0.25) is 5.02 Å². The predicted molar refractivity (Wildman–Crippen MR) is 183 cm³/mol. The predicted octanol–water partition coefficient (Wildman–Crippen LogP) is 5.27. The van der Waals surface area contributed by atoms with E-state index in [1.807, 2.05) is 29.2 Å². The first kappa shape index (κ1) is 33.0. The second kappa shape index (κ2) is 14.4. The molecule has 6 rings (SSSR count). The summed E-state index contributed by atoms with van der Waals surface area (Å²) in [6.45, 7) is 3.77. The van der Waals surface area contributed by atoms with E-state index in [-0.39, 0.29) is 46.8 Å². The highest BCUT2D eigenvalue weighted by Crippen LogP contribution is 2.32. The van der Waals surface area contributed by atoms with Gasteiger partial charge < -0.3 is 24.9 Å². The molecule has 248 valence electrons. The van der Waals surface area contributed by atoms with Crippen LogP contribution in [0.1, 0.15) is 65.8 Å². The smallest absolute Gasteiger partial charge is 0.287 e. The molecule has 3 aromatic carbocycles. The van der Waals surface area contributed by atoms with Crippen molar-refractivity contribution in [3.63, 3.8) is 0 Å². The number of piperidine rings is 1. The van der Waals surface area contributed by atoms with Gasteiger partial charge in [-0.15, -0.1) is 0 Å². The van der Waals surface area contributed by atoms with E-state index >= 15 is 0 Å². The maximum absolute atomic E-state index is 14.0. The summed E-state index contributed by atoms with van der Waals surface area (Å²) in [5.74, 6) is -0.984. The Kier molecular flexibility index (Phi) is 9.91. The summed E-state index contributed by atoms with van der Waals surface area (Å²) < 4.78 is 5.79. The van der Waals surface area contributed by atoms with Crippen molar-refractivity contribution >= 4 is 51.9 Å². The molecule has 4 amide bonds. The summed E-state index contributed by atoms with van der Waals surface area (Å²) >= 11 is 6.10. The van der Waals surface area contributed by atoms with E-state index in [4.69, 9.17) is 16.0 Å². The van der Waals surface area contributed by atoms with Gasteiger partial charge in [-0.3, -0.25) is 24.0 Å². The Balaban J connectivity index is 1.18. The monoisotopic (exact) mass is 668 g/mol. The van der Waals surface area contributed by atoms with Crippen LogP contribution < -0.4 is 16.1 Å². The van der Waals surface area contributed by atoms with Gasteiger partial charge in [-0.2, -0.15) is 0 Å². The van der Waals surface area contributed by atoms with Gasteiger partial charge in [-0.05, 0) is 72.2 Å². The van der Waals surface area contributed by atoms with Gasteiger partial charge in [-0.1, -0.05) is 48.0 Å². The maximum Gasteiger partial charge on any atom is 0.287 e. The number of likely N-dealkylation sites (tertiary alicyclic amines) is 2. The van der Waals surface area contributed by atoms with Crippen LogP contribution in [-0.2, 0) is 27.3 Å². The lowest BCUT2D eigenvalue weighted by Crippen LogP contribution is -2.51. The Labute approximate surface area is 283 Å². The molecule has 2 aliphatic heterocycles. The lowest BCUT2D eigenvalue weighted by atomic mass is 9.86. The fourth-order valence-corrected chi connectivity index (χ4v) is 6.75. The van der Waals surface area contributed by atoms with E-state index in [0.717, 1.165) is 43.0 Å². The molecule has 0 bridgehead atoms. The first-order valence-electron chi connectivity index (χ1n) is 16.2. The van der Waals surface area contributed by atoms with Gasteiger partial charge in [0.25, 0.3) is 5.91 Å². The number of carbonyl (C=O) groups is 4. The zero-order valence-electron chi connectivity index (χ0n) is 26.7. The third kappa shape index (κ3) is 7.60. The molecular weight excluding hydrogens is 632 g/mol. The number of hydrogen-bond donors (Lipinski definition) is 2. The third-order valence-electron chi connectivity index (χ3n) is 9.06. The van der Waals surface area contributed by atoms with Crippen molar-refractivity contribution in [2.24, 2.45) is 0 Å². The number of rotatable bonds is 9. The number of hydrogen-bond acceptors (Lipinski definition) is 6.